The average Bonchev–Trinajstić information content (AvgIpc) is 2.74. The molecule has 0 saturated carbocycles. The molecule has 0 aromatic heterocycles. The highest BCUT2D eigenvalue weighted by Crippen LogP contribution is 2.47. The largest absolute Gasteiger partial charge is 0.463 e. The maximum Gasteiger partial charge on any atom is 0.334 e. The molecule has 0 saturated heterocycles. The molecule has 0 spiro atoms. The second-order valence-electron chi connectivity index (χ2n) is 5.63. The zero-order chi connectivity index (χ0) is 11.9. The van der Waals surface area contributed by atoms with Crippen LogP contribution in [0.15, 0.2) is 22.9 Å². The van der Waals surface area contributed by atoms with Crippen LogP contribution in [0, 0.1) is 11.8 Å². The van der Waals surface area contributed by atoms with Gasteiger partial charge in [-0.15, -0.1) is 0 Å². The molecule has 0 aromatic carbocycles. The Balaban J connectivity index is 2.37. The minimum Gasteiger partial charge on any atom is -0.463 e. The fourth-order valence-electron chi connectivity index (χ4n) is 2.96. The topological polar surface area (TPSA) is 26.3 Å². The van der Waals surface area contributed by atoms with Gasteiger partial charge in [-0.2, -0.15) is 0 Å². The standard InChI is InChI=1S/C13H20O2Si/c1-5-15-13(14)11-9-6-7-10(8-9)12(11)16(2,3)4/h6-7,9-10H,5,8H2,1-4H3. The Labute approximate surface area is 98.4 Å². The van der Waals surface area contributed by atoms with Gasteiger partial charge in [-0.25, -0.2) is 4.79 Å². The summed E-state index contributed by atoms with van der Waals surface area (Å²) in [5.41, 5.74) is 0.994. The van der Waals surface area contributed by atoms with E-state index in [4.69, 9.17) is 4.74 Å². The molecule has 0 N–H and O–H groups in total. The number of fused-ring (bicyclic) bond motifs is 2. The number of allylic oxidation sites excluding steroid dienone is 3. The molecule has 0 fully saturated rings. The number of carbonyl (C=O) groups excluding carboxylic acids is 1. The van der Waals surface area contributed by atoms with E-state index in [0.717, 1.165) is 12.0 Å². The molecule has 2 atom stereocenters. The van der Waals surface area contributed by atoms with Gasteiger partial charge in [0.25, 0.3) is 0 Å². The number of carbonyl (C=O) groups is 1. The van der Waals surface area contributed by atoms with Crippen molar-refractivity contribution in [1.82, 2.24) is 0 Å². The lowest BCUT2D eigenvalue weighted by Gasteiger charge is -2.25. The lowest BCUT2D eigenvalue weighted by Crippen LogP contribution is -2.30. The van der Waals surface area contributed by atoms with E-state index in [0.29, 0.717) is 18.4 Å². The fraction of sp³-hybridized carbons (Fsp3) is 0.615. The highest BCUT2D eigenvalue weighted by atomic mass is 28.3. The summed E-state index contributed by atoms with van der Waals surface area (Å²) in [5, 5.41) is 1.43. The highest BCUT2D eigenvalue weighted by Gasteiger charge is 2.43. The molecule has 2 rings (SSSR count). The third-order valence-electron chi connectivity index (χ3n) is 3.42. The van der Waals surface area contributed by atoms with Gasteiger partial charge in [0.2, 0.25) is 0 Å². The second kappa shape index (κ2) is 3.88. The summed E-state index contributed by atoms with van der Waals surface area (Å²) in [5.74, 6) is 0.790. The molecule has 0 aromatic rings. The van der Waals surface area contributed by atoms with Crippen LogP contribution in [-0.2, 0) is 9.53 Å². The van der Waals surface area contributed by atoms with Gasteiger partial charge in [0.1, 0.15) is 0 Å². The fourth-order valence-corrected chi connectivity index (χ4v) is 5.38. The predicted molar refractivity (Wildman–Crippen MR) is 67.7 cm³/mol. The van der Waals surface area contributed by atoms with Crippen LogP contribution in [0.1, 0.15) is 13.3 Å². The average molecular weight is 236 g/mol. The quantitative estimate of drug-likeness (QED) is 0.428. The number of esters is 1. The molecule has 0 radical (unpaired) electrons. The lowest BCUT2D eigenvalue weighted by molar-refractivity contribution is -0.138. The Bertz CT molecular complexity index is 374. The summed E-state index contributed by atoms with van der Waals surface area (Å²) in [6.45, 7) is 9.29. The van der Waals surface area contributed by atoms with Gasteiger partial charge < -0.3 is 4.74 Å². The van der Waals surface area contributed by atoms with E-state index in [1.165, 1.54) is 5.20 Å². The molecule has 0 amide bonds. The Morgan fingerprint density at radius 3 is 2.56 bits per heavy atom. The van der Waals surface area contributed by atoms with E-state index in [1.54, 1.807) is 0 Å². The summed E-state index contributed by atoms with van der Waals surface area (Å²) in [7, 11) is -1.41. The molecule has 2 aliphatic rings. The molecule has 16 heavy (non-hydrogen) atoms. The maximum absolute atomic E-state index is 12.0. The number of hydrogen-bond acceptors (Lipinski definition) is 2. The van der Waals surface area contributed by atoms with Crippen LogP contribution in [0.3, 0.4) is 0 Å². The lowest BCUT2D eigenvalue weighted by atomic mass is 10.0. The van der Waals surface area contributed by atoms with Crippen LogP contribution in [-0.4, -0.2) is 20.7 Å². The Hall–Kier alpha value is -0.833. The van der Waals surface area contributed by atoms with Crippen molar-refractivity contribution in [1.29, 1.82) is 0 Å². The minimum atomic E-state index is -1.41. The maximum atomic E-state index is 12.0. The van der Waals surface area contributed by atoms with E-state index < -0.39 is 8.07 Å². The zero-order valence-corrected chi connectivity index (χ0v) is 11.5. The molecular formula is C13H20O2Si. The molecular weight excluding hydrogens is 216 g/mol. The molecule has 2 nitrogen and oxygen atoms in total. The van der Waals surface area contributed by atoms with Gasteiger partial charge in [-0.3, -0.25) is 0 Å². The summed E-state index contributed by atoms with van der Waals surface area (Å²) in [4.78, 5) is 12.0. The molecule has 2 aliphatic carbocycles. The first kappa shape index (κ1) is 11.6. The molecule has 88 valence electrons. The highest BCUT2D eigenvalue weighted by molar-refractivity contribution is 6.83. The summed E-state index contributed by atoms with van der Waals surface area (Å²) in [6, 6.07) is 0. The third-order valence-corrected chi connectivity index (χ3v) is 5.67. The molecule has 2 bridgehead atoms. The first-order chi connectivity index (χ1) is 7.45. The Kier molecular flexibility index (Phi) is 2.82. The summed E-state index contributed by atoms with van der Waals surface area (Å²) in [6.07, 6.45) is 5.56. The summed E-state index contributed by atoms with van der Waals surface area (Å²) >= 11 is 0. The SMILES string of the molecule is CCOC(=O)C1=C([Si](C)(C)C)C2C=CC1C2. The first-order valence-electron chi connectivity index (χ1n) is 6.05. The molecule has 0 aliphatic heterocycles. The number of rotatable bonds is 3. The van der Waals surface area contributed by atoms with Crippen LogP contribution in [0.2, 0.25) is 19.6 Å². The zero-order valence-electron chi connectivity index (χ0n) is 10.5. The van der Waals surface area contributed by atoms with Crippen molar-refractivity contribution in [3.63, 3.8) is 0 Å². The molecule has 3 heteroatoms. The van der Waals surface area contributed by atoms with Gasteiger partial charge in [0.05, 0.1) is 14.7 Å². The molecule has 2 unspecified atom stereocenters. The van der Waals surface area contributed by atoms with Crippen LogP contribution in [0.25, 0.3) is 0 Å². The van der Waals surface area contributed by atoms with Gasteiger partial charge in [-0.1, -0.05) is 37.0 Å². The van der Waals surface area contributed by atoms with E-state index in [2.05, 4.69) is 31.8 Å². The van der Waals surface area contributed by atoms with Crippen LogP contribution in [0.5, 0.6) is 0 Å². The van der Waals surface area contributed by atoms with Gasteiger partial charge in [0, 0.05) is 11.5 Å². The monoisotopic (exact) mass is 236 g/mol. The Morgan fingerprint density at radius 1 is 1.38 bits per heavy atom. The van der Waals surface area contributed by atoms with E-state index in [-0.39, 0.29) is 5.97 Å². The molecule has 0 heterocycles. The van der Waals surface area contributed by atoms with Crippen molar-refractivity contribution in [3.8, 4) is 0 Å². The van der Waals surface area contributed by atoms with Crippen LogP contribution >= 0.6 is 0 Å². The van der Waals surface area contributed by atoms with Gasteiger partial charge >= 0.3 is 5.97 Å². The number of hydrogen-bond donors (Lipinski definition) is 0. The minimum absolute atomic E-state index is 0.0724. The van der Waals surface area contributed by atoms with Crippen molar-refractivity contribution in [2.45, 2.75) is 33.0 Å². The smallest absolute Gasteiger partial charge is 0.334 e. The van der Waals surface area contributed by atoms with Crippen molar-refractivity contribution < 1.29 is 9.53 Å². The predicted octanol–water partition coefficient (Wildman–Crippen LogP) is 2.93. The van der Waals surface area contributed by atoms with Gasteiger partial charge in [-0.05, 0) is 19.3 Å². The third kappa shape index (κ3) is 1.77. The normalized spacial score (nSPS) is 27.8. The van der Waals surface area contributed by atoms with E-state index >= 15 is 0 Å². The van der Waals surface area contributed by atoms with Crippen molar-refractivity contribution in [3.05, 3.63) is 22.9 Å². The van der Waals surface area contributed by atoms with Crippen LogP contribution < -0.4 is 0 Å². The summed E-state index contributed by atoms with van der Waals surface area (Å²) < 4.78 is 5.20. The Morgan fingerprint density at radius 2 is 2.00 bits per heavy atom. The van der Waals surface area contributed by atoms with Gasteiger partial charge in [0.15, 0.2) is 0 Å². The van der Waals surface area contributed by atoms with Crippen molar-refractivity contribution in [2.24, 2.45) is 11.8 Å². The van der Waals surface area contributed by atoms with E-state index in [9.17, 15) is 4.79 Å². The first-order valence-corrected chi connectivity index (χ1v) is 9.55. The number of ether oxygens (including phenoxy) is 1. The van der Waals surface area contributed by atoms with Crippen molar-refractivity contribution in [2.75, 3.05) is 6.61 Å². The van der Waals surface area contributed by atoms with Crippen molar-refractivity contribution >= 4 is 14.0 Å². The van der Waals surface area contributed by atoms with E-state index in [1.807, 2.05) is 6.92 Å². The van der Waals surface area contributed by atoms with Crippen LogP contribution in [0.4, 0.5) is 0 Å². The second-order valence-corrected chi connectivity index (χ2v) is 10.7.